The van der Waals surface area contributed by atoms with E-state index in [-0.39, 0.29) is 18.3 Å². The van der Waals surface area contributed by atoms with E-state index in [4.69, 9.17) is 9.31 Å². The molecule has 1 aliphatic heterocycles. The van der Waals surface area contributed by atoms with Gasteiger partial charge < -0.3 is 14.6 Å². The highest BCUT2D eigenvalue weighted by atomic mass is 32.2. The topological polar surface area (TPSA) is 42.5 Å². The second-order valence-corrected chi connectivity index (χ2v) is 9.21. The number of hydrogen-bond acceptors (Lipinski definition) is 5. The molecule has 3 rings (SSSR count). The zero-order valence-electron chi connectivity index (χ0n) is 16.1. The van der Waals surface area contributed by atoms with E-state index >= 15 is 0 Å². The SMILES string of the molecule is CNSc1ccc(NC2CCCCC2)c(B2OC(C)(C)C(C)(C)O2)c1. The summed E-state index contributed by atoms with van der Waals surface area (Å²) in [4.78, 5) is 1.17. The Balaban J connectivity index is 1.87. The van der Waals surface area contributed by atoms with Gasteiger partial charge in [-0.25, -0.2) is 0 Å². The fraction of sp³-hybridized carbons (Fsp3) is 0.684. The molecule has 2 aliphatic rings. The van der Waals surface area contributed by atoms with Crippen molar-refractivity contribution in [3.63, 3.8) is 0 Å². The number of hydrogen-bond donors (Lipinski definition) is 2. The van der Waals surface area contributed by atoms with E-state index < -0.39 is 0 Å². The molecule has 1 heterocycles. The molecular formula is C19H31BN2O2S. The summed E-state index contributed by atoms with van der Waals surface area (Å²) in [7, 11) is 1.60. The molecule has 1 saturated carbocycles. The van der Waals surface area contributed by atoms with Crippen LogP contribution in [0.1, 0.15) is 59.8 Å². The molecule has 1 aliphatic carbocycles. The average Bonchev–Trinajstić information content (AvgIpc) is 2.78. The van der Waals surface area contributed by atoms with Crippen molar-refractivity contribution in [1.29, 1.82) is 0 Å². The molecule has 0 aromatic heterocycles. The van der Waals surface area contributed by atoms with Crippen LogP contribution in [0.4, 0.5) is 5.69 Å². The minimum Gasteiger partial charge on any atom is -0.399 e. The first-order valence-corrected chi connectivity index (χ1v) is 10.2. The van der Waals surface area contributed by atoms with Crippen LogP contribution in [0.5, 0.6) is 0 Å². The summed E-state index contributed by atoms with van der Waals surface area (Å²) in [5.41, 5.74) is 1.59. The Labute approximate surface area is 157 Å². The van der Waals surface area contributed by atoms with Crippen LogP contribution in [0.15, 0.2) is 23.1 Å². The Hall–Kier alpha value is -0.685. The number of rotatable bonds is 5. The lowest BCUT2D eigenvalue weighted by molar-refractivity contribution is 0.00578. The molecule has 138 valence electrons. The second-order valence-electron chi connectivity index (χ2n) is 8.12. The highest BCUT2D eigenvalue weighted by molar-refractivity contribution is 7.97. The molecular weight excluding hydrogens is 331 g/mol. The Morgan fingerprint density at radius 1 is 1.04 bits per heavy atom. The summed E-state index contributed by atoms with van der Waals surface area (Å²) in [5, 5.41) is 3.76. The molecule has 2 N–H and O–H groups in total. The lowest BCUT2D eigenvalue weighted by Crippen LogP contribution is -2.41. The van der Waals surface area contributed by atoms with Crippen LogP contribution >= 0.6 is 11.9 Å². The van der Waals surface area contributed by atoms with Crippen molar-refractivity contribution in [2.24, 2.45) is 0 Å². The van der Waals surface area contributed by atoms with Gasteiger partial charge in [0.2, 0.25) is 0 Å². The van der Waals surface area contributed by atoms with E-state index in [1.54, 1.807) is 11.9 Å². The fourth-order valence-corrected chi connectivity index (χ4v) is 4.04. The largest absolute Gasteiger partial charge is 0.497 e. The first kappa shape index (κ1) is 19.1. The maximum absolute atomic E-state index is 6.32. The first-order chi connectivity index (χ1) is 11.8. The molecule has 4 nitrogen and oxygen atoms in total. The Bertz CT molecular complexity index is 587. The predicted octanol–water partition coefficient (Wildman–Crippen LogP) is 3.96. The van der Waals surface area contributed by atoms with Crippen molar-refractivity contribution in [3.05, 3.63) is 18.2 Å². The normalized spacial score (nSPS) is 23.0. The summed E-state index contributed by atoms with van der Waals surface area (Å²) >= 11 is 1.61. The molecule has 25 heavy (non-hydrogen) atoms. The van der Waals surface area contributed by atoms with Crippen molar-refractivity contribution < 1.29 is 9.31 Å². The van der Waals surface area contributed by atoms with Crippen LogP contribution in [-0.4, -0.2) is 31.4 Å². The van der Waals surface area contributed by atoms with Crippen LogP contribution in [0.2, 0.25) is 0 Å². The number of nitrogens with one attached hydrogen (secondary N) is 2. The third-order valence-electron chi connectivity index (χ3n) is 5.71. The summed E-state index contributed by atoms with van der Waals surface area (Å²) < 4.78 is 15.8. The van der Waals surface area contributed by atoms with E-state index in [1.807, 2.05) is 7.05 Å². The smallest absolute Gasteiger partial charge is 0.399 e. The van der Waals surface area contributed by atoms with Gasteiger partial charge in [-0.2, -0.15) is 0 Å². The van der Waals surface area contributed by atoms with Gasteiger partial charge in [0, 0.05) is 22.1 Å². The molecule has 0 amide bonds. The molecule has 0 spiro atoms. The molecule has 0 radical (unpaired) electrons. The second kappa shape index (κ2) is 7.51. The van der Waals surface area contributed by atoms with Crippen LogP contribution in [0, 0.1) is 0 Å². The molecule has 6 heteroatoms. The monoisotopic (exact) mass is 362 g/mol. The number of benzene rings is 1. The predicted molar refractivity (Wildman–Crippen MR) is 108 cm³/mol. The van der Waals surface area contributed by atoms with Gasteiger partial charge in [-0.1, -0.05) is 19.3 Å². The van der Waals surface area contributed by atoms with Crippen molar-refractivity contribution in [3.8, 4) is 0 Å². The summed E-state index contributed by atoms with van der Waals surface area (Å²) in [5.74, 6) is 0. The van der Waals surface area contributed by atoms with Gasteiger partial charge in [0.05, 0.1) is 11.2 Å². The molecule has 1 aromatic rings. The third kappa shape index (κ3) is 4.18. The van der Waals surface area contributed by atoms with Crippen LogP contribution in [0.3, 0.4) is 0 Å². The quantitative estimate of drug-likeness (QED) is 0.613. The van der Waals surface area contributed by atoms with Gasteiger partial charge in [-0.05, 0) is 77.7 Å². The third-order valence-corrected chi connectivity index (χ3v) is 6.41. The molecule has 1 aromatic carbocycles. The highest BCUT2D eigenvalue weighted by Gasteiger charge is 2.52. The number of anilines is 1. The molecule has 0 atom stereocenters. The van der Waals surface area contributed by atoms with Gasteiger partial charge in [0.15, 0.2) is 0 Å². The van der Waals surface area contributed by atoms with E-state index in [2.05, 4.69) is 55.9 Å². The molecule has 0 bridgehead atoms. The van der Waals surface area contributed by atoms with Crippen molar-refractivity contribution in [2.45, 2.75) is 81.9 Å². The lowest BCUT2D eigenvalue weighted by Gasteiger charge is -2.32. The van der Waals surface area contributed by atoms with E-state index in [0.29, 0.717) is 6.04 Å². The Kier molecular flexibility index (Phi) is 5.73. The zero-order chi connectivity index (χ0) is 18.1. The van der Waals surface area contributed by atoms with Crippen LogP contribution in [-0.2, 0) is 9.31 Å². The highest BCUT2D eigenvalue weighted by Crippen LogP contribution is 2.37. The van der Waals surface area contributed by atoms with E-state index in [1.165, 1.54) is 37.0 Å². The molecule has 2 fully saturated rings. The van der Waals surface area contributed by atoms with Gasteiger partial charge in [-0.3, -0.25) is 4.72 Å². The first-order valence-electron chi connectivity index (χ1n) is 9.42. The van der Waals surface area contributed by atoms with Crippen molar-refractivity contribution in [1.82, 2.24) is 4.72 Å². The zero-order valence-corrected chi connectivity index (χ0v) is 17.0. The average molecular weight is 362 g/mol. The van der Waals surface area contributed by atoms with Gasteiger partial charge >= 0.3 is 7.12 Å². The summed E-state index contributed by atoms with van der Waals surface area (Å²) in [6.45, 7) is 8.42. The maximum atomic E-state index is 6.32. The molecule has 1 saturated heterocycles. The van der Waals surface area contributed by atoms with Gasteiger partial charge in [-0.15, -0.1) is 0 Å². The van der Waals surface area contributed by atoms with E-state index in [9.17, 15) is 0 Å². The Morgan fingerprint density at radius 3 is 2.28 bits per heavy atom. The lowest BCUT2D eigenvalue weighted by atomic mass is 9.77. The minimum atomic E-state index is -0.339. The van der Waals surface area contributed by atoms with Crippen molar-refractivity contribution in [2.75, 3.05) is 12.4 Å². The molecule has 0 unspecified atom stereocenters. The van der Waals surface area contributed by atoms with Crippen LogP contribution in [0.25, 0.3) is 0 Å². The van der Waals surface area contributed by atoms with E-state index in [0.717, 1.165) is 11.2 Å². The maximum Gasteiger partial charge on any atom is 0.497 e. The summed E-state index contributed by atoms with van der Waals surface area (Å²) in [6, 6.07) is 7.07. The van der Waals surface area contributed by atoms with Gasteiger partial charge in [0.25, 0.3) is 0 Å². The van der Waals surface area contributed by atoms with Crippen LogP contribution < -0.4 is 15.5 Å². The fourth-order valence-electron chi connectivity index (χ4n) is 3.49. The standard InChI is InChI=1S/C19H31BN2O2S/c1-18(2)19(3,4)24-20(23-18)16-13-15(25-21-5)11-12-17(16)22-14-9-7-6-8-10-14/h11-14,21-22H,6-10H2,1-5H3. The van der Waals surface area contributed by atoms with Crippen molar-refractivity contribution >= 4 is 30.2 Å². The summed E-state index contributed by atoms with van der Waals surface area (Å²) in [6.07, 6.45) is 6.49. The minimum absolute atomic E-state index is 0.327. The van der Waals surface area contributed by atoms with Gasteiger partial charge in [0.1, 0.15) is 0 Å². The Morgan fingerprint density at radius 2 is 1.68 bits per heavy atom.